The van der Waals surface area contributed by atoms with Crippen LogP contribution in [0.3, 0.4) is 0 Å². The minimum Gasteiger partial charge on any atom is -0.504 e. The van der Waals surface area contributed by atoms with E-state index < -0.39 is 18.0 Å². The summed E-state index contributed by atoms with van der Waals surface area (Å²) < 4.78 is 10.1. The Bertz CT molecular complexity index is 827. The Morgan fingerprint density at radius 3 is 2.52 bits per heavy atom. The third-order valence-corrected chi connectivity index (χ3v) is 3.91. The number of hydrogen-bond acceptors (Lipinski definition) is 5. The molecule has 2 aromatic rings. The van der Waals surface area contributed by atoms with Crippen LogP contribution < -0.4 is 10.1 Å². The number of benzene rings is 2. The van der Waals surface area contributed by atoms with Gasteiger partial charge in [0.25, 0.3) is 5.91 Å². The third-order valence-electron chi connectivity index (χ3n) is 3.91. The van der Waals surface area contributed by atoms with E-state index in [1.807, 2.05) is 24.3 Å². The molecule has 0 bridgehead atoms. The van der Waals surface area contributed by atoms with Crippen molar-refractivity contribution in [2.75, 3.05) is 12.4 Å². The van der Waals surface area contributed by atoms with Crippen LogP contribution in [0.5, 0.6) is 11.5 Å². The highest BCUT2D eigenvalue weighted by atomic mass is 16.5. The van der Waals surface area contributed by atoms with Gasteiger partial charge in [0.1, 0.15) is 0 Å². The average Bonchev–Trinajstić information content (AvgIpc) is 2.67. The Morgan fingerprint density at radius 1 is 1.19 bits per heavy atom. The number of phenolic OH excluding ortho intramolecular Hbond substituents is 1. The van der Waals surface area contributed by atoms with Gasteiger partial charge in [0, 0.05) is 11.8 Å². The summed E-state index contributed by atoms with van der Waals surface area (Å²) in [6.07, 6.45) is 2.70. The van der Waals surface area contributed by atoms with E-state index in [4.69, 9.17) is 9.47 Å². The van der Waals surface area contributed by atoms with Crippen molar-refractivity contribution >= 4 is 23.6 Å². The molecule has 142 valence electrons. The predicted octanol–water partition coefficient (Wildman–Crippen LogP) is 3.55. The molecule has 0 aliphatic carbocycles. The molecule has 0 saturated heterocycles. The highest BCUT2D eigenvalue weighted by Gasteiger charge is 2.16. The average molecular weight is 369 g/mol. The van der Waals surface area contributed by atoms with E-state index in [0.717, 1.165) is 6.42 Å². The maximum atomic E-state index is 12.1. The van der Waals surface area contributed by atoms with Gasteiger partial charge in [0.15, 0.2) is 17.6 Å². The van der Waals surface area contributed by atoms with Crippen LogP contribution in [0.2, 0.25) is 0 Å². The number of ether oxygens (including phenoxy) is 2. The van der Waals surface area contributed by atoms with Gasteiger partial charge in [-0.2, -0.15) is 0 Å². The molecule has 2 rings (SSSR count). The molecular weight excluding hydrogens is 346 g/mol. The molecule has 1 atom stereocenters. The molecule has 1 amide bonds. The van der Waals surface area contributed by atoms with Crippen LogP contribution in [0.25, 0.3) is 6.08 Å². The van der Waals surface area contributed by atoms with Gasteiger partial charge in [-0.05, 0) is 54.8 Å². The molecule has 27 heavy (non-hydrogen) atoms. The van der Waals surface area contributed by atoms with Crippen LogP contribution in [0, 0.1) is 0 Å². The SMILES string of the molecule is CCc1ccc(NC(=O)C(C)OC(=O)/C=C/c2ccc(O)c(OC)c2)cc1. The normalized spacial score (nSPS) is 11.8. The Balaban J connectivity index is 1.90. The lowest BCUT2D eigenvalue weighted by Gasteiger charge is -2.12. The molecule has 1 unspecified atom stereocenters. The van der Waals surface area contributed by atoms with Crippen LogP contribution in [0.15, 0.2) is 48.5 Å². The van der Waals surface area contributed by atoms with E-state index in [2.05, 4.69) is 12.2 Å². The predicted molar refractivity (Wildman–Crippen MR) is 104 cm³/mol. The lowest BCUT2D eigenvalue weighted by Crippen LogP contribution is -2.29. The number of carbonyl (C=O) groups is 2. The summed E-state index contributed by atoms with van der Waals surface area (Å²) >= 11 is 0. The standard InChI is InChI=1S/C21H23NO5/c1-4-15-5-9-17(10-6-15)22-21(25)14(2)27-20(24)12-8-16-7-11-18(23)19(13-16)26-3/h5-14,23H,4H2,1-3H3,(H,22,25)/b12-8+. The molecule has 0 aliphatic rings. The maximum Gasteiger partial charge on any atom is 0.331 e. The van der Waals surface area contributed by atoms with Crippen LogP contribution in [-0.2, 0) is 20.7 Å². The lowest BCUT2D eigenvalue weighted by molar-refractivity contribution is -0.148. The summed E-state index contributed by atoms with van der Waals surface area (Å²) in [6, 6.07) is 12.1. The summed E-state index contributed by atoms with van der Waals surface area (Å²) in [6.45, 7) is 3.56. The van der Waals surface area contributed by atoms with Crippen molar-refractivity contribution < 1.29 is 24.2 Å². The van der Waals surface area contributed by atoms with Crippen molar-refractivity contribution in [3.63, 3.8) is 0 Å². The first-order valence-electron chi connectivity index (χ1n) is 8.58. The molecule has 0 fully saturated rings. The Hall–Kier alpha value is -3.28. The van der Waals surface area contributed by atoms with Gasteiger partial charge >= 0.3 is 5.97 Å². The van der Waals surface area contributed by atoms with E-state index in [1.165, 1.54) is 37.8 Å². The summed E-state index contributed by atoms with van der Waals surface area (Å²) in [7, 11) is 1.44. The zero-order valence-electron chi connectivity index (χ0n) is 15.6. The maximum absolute atomic E-state index is 12.1. The second kappa shape index (κ2) is 9.43. The third kappa shape index (κ3) is 5.88. The van der Waals surface area contributed by atoms with Crippen LogP contribution in [0.1, 0.15) is 25.0 Å². The van der Waals surface area contributed by atoms with Gasteiger partial charge < -0.3 is 19.9 Å². The van der Waals surface area contributed by atoms with Crippen molar-refractivity contribution in [1.29, 1.82) is 0 Å². The molecule has 0 heterocycles. The fourth-order valence-corrected chi connectivity index (χ4v) is 2.30. The van der Waals surface area contributed by atoms with Crippen LogP contribution in [0.4, 0.5) is 5.69 Å². The van der Waals surface area contributed by atoms with Gasteiger partial charge in [0.05, 0.1) is 7.11 Å². The Labute approximate surface area is 158 Å². The molecule has 0 saturated carbocycles. The summed E-state index contributed by atoms with van der Waals surface area (Å²) in [4.78, 5) is 24.1. The second-order valence-corrected chi connectivity index (χ2v) is 5.88. The van der Waals surface area contributed by atoms with E-state index in [-0.39, 0.29) is 5.75 Å². The topological polar surface area (TPSA) is 84.9 Å². The van der Waals surface area contributed by atoms with E-state index >= 15 is 0 Å². The largest absolute Gasteiger partial charge is 0.504 e. The number of methoxy groups -OCH3 is 1. The number of carbonyl (C=O) groups excluding carboxylic acids is 2. The first kappa shape index (κ1) is 20.0. The van der Waals surface area contributed by atoms with Gasteiger partial charge in [0.2, 0.25) is 0 Å². The zero-order valence-corrected chi connectivity index (χ0v) is 15.6. The minimum absolute atomic E-state index is 0.00879. The van der Waals surface area contributed by atoms with Crippen LogP contribution >= 0.6 is 0 Å². The van der Waals surface area contributed by atoms with Crippen molar-refractivity contribution in [1.82, 2.24) is 0 Å². The fourth-order valence-electron chi connectivity index (χ4n) is 2.30. The number of rotatable bonds is 7. The zero-order chi connectivity index (χ0) is 19.8. The monoisotopic (exact) mass is 369 g/mol. The smallest absolute Gasteiger partial charge is 0.331 e. The molecule has 6 heteroatoms. The molecule has 2 aromatic carbocycles. The number of anilines is 1. The molecule has 0 spiro atoms. The summed E-state index contributed by atoms with van der Waals surface area (Å²) in [5, 5.41) is 12.3. The summed E-state index contributed by atoms with van der Waals surface area (Å²) in [5.74, 6) is -0.750. The van der Waals surface area contributed by atoms with E-state index in [9.17, 15) is 14.7 Å². The quantitative estimate of drug-likeness (QED) is 0.576. The van der Waals surface area contributed by atoms with E-state index in [0.29, 0.717) is 17.0 Å². The first-order chi connectivity index (χ1) is 12.9. The Kier molecular flexibility index (Phi) is 7.00. The summed E-state index contributed by atoms with van der Waals surface area (Å²) in [5.41, 5.74) is 2.46. The minimum atomic E-state index is -0.942. The number of esters is 1. The highest BCUT2D eigenvalue weighted by molar-refractivity contribution is 5.96. The number of aromatic hydroxyl groups is 1. The van der Waals surface area contributed by atoms with Crippen LogP contribution in [-0.4, -0.2) is 30.2 Å². The Morgan fingerprint density at radius 2 is 1.89 bits per heavy atom. The lowest BCUT2D eigenvalue weighted by atomic mass is 10.1. The number of nitrogens with one attached hydrogen (secondary N) is 1. The molecule has 6 nitrogen and oxygen atoms in total. The molecule has 2 N–H and O–H groups in total. The van der Waals surface area contributed by atoms with Gasteiger partial charge in [-0.15, -0.1) is 0 Å². The highest BCUT2D eigenvalue weighted by Crippen LogP contribution is 2.26. The second-order valence-electron chi connectivity index (χ2n) is 5.88. The first-order valence-corrected chi connectivity index (χ1v) is 8.58. The van der Waals surface area contributed by atoms with Crippen molar-refractivity contribution in [3.05, 3.63) is 59.7 Å². The molecule has 0 aromatic heterocycles. The number of phenols is 1. The van der Waals surface area contributed by atoms with Crippen molar-refractivity contribution in [3.8, 4) is 11.5 Å². The van der Waals surface area contributed by atoms with E-state index in [1.54, 1.807) is 12.1 Å². The number of hydrogen-bond donors (Lipinski definition) is 2. The van der Waals surface area contributed by atoms with Gasteiger partial charge in [-0.25, -0.2) is 4.79 Å². The van der Waals surface area contributed by atoms with Gasteiger partial charge in [-0.1, -0.05) is 25.1 Å². The molecule has 0 aliphatic heterocycles. The van der Waals surface area contributed by atoms with Gasteiger partial charge in [-0.3, -0.25) is 4.79 Å². The molecule has 0 radical (unpaired) electrons. The number of aryl methyl sites for hydroxylation is 1. The van der Waals surface area contributed by atoms with Crippen molar-refractivity contribution in [2.24, 2.45) is 0 Å². The molecular formula is C21H23NO5. The fraction of sp³-hybridized carbons (Fsp3) is 0.238. The number of amides is 1. The van der Waals surface area contributed by atoms with Crippen molar-refractivity contribution in [2.45, 2.75) is 26.4 Å².